The van der Waals surface area contributed by atoms with Crippen molar-refractivity contribution < 1.29 is 19.1 Å². The Morgan fingerprint density at radius 2 is 2.03 bits per heavy atom. The molecule has 1 amide bonds. The number of nitrogens with two attached hydrogens (primary N) is 1. The third-order valence-electron chi connectivity index (χ3n) is 5.81. The van der Waals surface area contributed by atoms with Gasteiger partial charge in [-0.2, -0.15) is 0 Å². The molecule has 0 radical (unpaired) electrons. The molecule has 1 aromatic carbocycles. The smallest absolute Gasteiger partial charge is 0.341 e. The fourth-order valence-electron chi connectivity index (χ4n) is 4.40. The molecule has 2 N–H and O–H groups in total. The van der Waals surface area contributed by atoms with E-state index in [1.165, 1.54) is 9.47 Å². The lowest BCUT2D eigenvalue weighted by atomic mass is 9.68. The summed E-state index contributed by atoms with van der Waals surface area (Å²) in [5.74, 6) is -1.40. The second kappa shape index (κ2) is 7.16. The Hall–Kier alpha value is -3.81. The van der Waals surface area contributed by atoms with Crippen LogP contribution in [-0.2, 0) is 26.8 Å². The summed E-state index contributed by atoms with van der Waals surface area (Å²) in [5, 5.41) is 0. The second-order valence-electron chi connectivity index (χ2n) is 7.42. The summed E-state index contributed by atoms with van der Waals surface area (Å²) in [5.41, 5.74) is 5.49. The van der Waals surface area contributed by atoms with Crippen molar-refractivity contribution in [2.45, 2.75) is 19.3 Å². The number of carbonyl (C=O) groups is 2. The van der Waals surface area contributed by atoms with E-state index >= 15 is 0 Å². The minimum Gasteiger partial charge on any atom is -0.462 e. The van der Waals surface area contributed by atoms with Gasteiger partial charge in [0.25, 0.3) is 5.56 Å². The number of benzene rings is 1. The minimum absolute atomic E-state index is 0.0434. The van der Waals surface area contributed by atoms with Crippen LogP contribution >= 0.6 is 0 Å². The summed E-state index contributed by atoms with van der Waals surface area (Å²) in [6.07, 6.45) is 1.58. The molecule has 8 heteroatoms. The topological polar surface area (TPSA) is 104 Å². The Kier molecular flexibility index (Phi) is 4.72. The van der Waals surface area contributed by atoms with Crippen LogP contribution in [0.3, 0.4) is 0 Å². The Labute approximate surface area is 179 Å². The molecule has 0 aliphatic carbocycles. The number of aryl methyl sites for hydroxylation is 1. The number of amides is 1. The maximum Gasteiger partial charge on any atom is 0.341 e. The van der Waals surface area contributed by atoms with Crippen molar-refractivity contribution in [3.63, 3.8) is 0 Å². The molecule has 31 heavy (non-hydrogen) atoms. The number of carbonyl (C=O) groups excluding carboxylic acids is 2. The number of esters is 1. The Morgan fingerprint density at radius 3 is 2.71 bits per heavy atom. The number of rotatable bonds is 4. The van der Waals surface area contributed by atoms with E-state index in [2.05, 4.69) is 6.58 Å². The molecule has 2 aromatic rings. The van der Waals surface area contributed by atoms with E-state index in [1.54, 1.807) is 57.3 Å². The number of hydrogen-bond acceptors (Lipinski definition) is 6. The standard InChI is InChI=1S/C23H23N3O5/c1-5-11-26-15-10-8-7-9-14(15)23(22(26)29)17-16(12-13(3)25(4)20(17)27)31-19(24)18(23)21(28)30-6-2/h5,7-10,12H,1,6,11,24H2,2-4H3/t23-/m0/s1. The van der Waals surface area contributed by atoms with Crippen LogP contribution in [0.5, 0.6) is 5.75 Å². The largest absolute Gasteiger partial charge is 0.462 e. The van der Waals surface area contributed by atoms with Crippen molar-refractivity contribution in [2.24, 2.45) is 12.8 Å². The first-order valence-electron chi connectivity index (χ1n) is 9.89. The Morgan fingerprint density at radius 1 is 1.32 bits per heavy atom. The van der Waals surface area contributed by atoms with Gasteiger partial charge in [-0.3, -0.25) is 9.59 Å². The predicted octanol–water partition coefficient (Wildman–Crippen LogP) is 1.64. The molecule has 3 heterocycles. The third-order valence-corrected chi connectivity index (χ3v) is 5.81. The minimum atomic E-state index is -1.79. The number of aromatic nitrogens is 1. The van der Waals surface area contributed by atoms with Gasteiger partial charge in [0.15, 0.2) is 0 Å². The van der Waals surface area contributed by atoms with Gasteiger partial charge in [-0.05, 0) is 19.9 Å². The highest BCUT2D eigenvalue weighted by molar-refractivity contribution is 6.18. The van der Waals surface area contributed by atoms with Crippen LogP contribution in [0.4, 0.5) is 5.69 Å². The summed E-state index contributed by atoms with van der Waals surface area (Å²) in [7, 11) is 1.60. The van der Waals surface area contributed by atoms with E-state index in [0.717, 1.165) is 0 Å². The van der Waals surface area contributed by atoms with Gasteiger partial charge in [0.2, 0.25) is 11.8 Å². The predicted molar refractivity (Wildman–Crippen MR) is 115 cm³/mol. The van der Waals surface area contributed by atoms with Gasteiger partial charge < -0.3 is 24.7 Å². The van der Waals surface area contributed by atoms with Crippen LogP contribution in [0, 0.1) is 6.92 Å². The van der Waals surface area contributed by atoms with E-state index in [0.29, 0.717) is 16.9 Å². The summed E-state index contributed by atoms with van der Waals surface area (Å²) < 4.78 is 12.4. The van der Waals surface area contributed by atoms with Gasteiger partial charge in [0.05, 0.1) is 12.2 Å². The second-order valence-corrected chi connectivity index (χ2v) is 7.42. The molecular formula is C23H23N3O5. The fourth-order valence-corrected chi connectivity index (χ4v) is 4.40. The normalized spacial score (nSPS) is 19.2. The summed E-state index contributed by atoms with van der Waals surface area (Å²) >= 11 is 0. The van der Waals surface area contributed by atoms with Gasteiger partial charge in [0.1, 0.15) is 16.7 Å². The zero-order valence-corrected chi connectivity index (χ0v) is 17.6. The Balaban J connectivity index is 2.20. The van der Waals surface area contributed by atoms with E-state index in [4.69, 9.17) is 15.2 Å². The van der Waals surface area contributed by atoms with Gasteiger partial charge >= 0.3 is 5.97 Å². The van der Waals surface area contributed by atoms with Crippen molar-refractivity contribution in [3.8, 4) is 5.75 Å². The quantitative estimate of drug-likeness (QED) is 0.595. The average Bonchev–Trinajstić information content (AvgIpc) is 2.96. The van der Waals surface area contributed by atoms with Crippen LogP contribution < -0.4 is 20.9 Å². The first kappa shape index (κ1) is 20.5. The van der Waals surface area contributed by atoms with Crippen LogP contribution in [-0.4, -0.2) is 29.6 Å². The molecule has 1 atom stereocenters. The number of hydrogen-bond donors (Lipinski definition) is 1. The molecule has 0 unspecified atom stereocenters. The lowest BCUT2D eigenvalue weighted by Gasteiger charge is -2.35. The number of pyridine rings is 1. The molecule has 2 aliphatic rings. The molecule has 8 nitrogen and oxygen atoms in total. The van der Waals surface area contributed by atoms with Crippen LogP contribution in [0.15, 0.2) is 59.2 Å². The van der Waals surface area contributed by atoms with E-state index in [9.17, 15) is 14.4 Å². The van der Waals surface area contributed by atoms with Crippen molar-refractivity contribution in [3.05, 3.63) is 81.6 Å². The molecule has 2 aliphatic heterocycles. The van der Waals surface area contributed by atoms with Crippen LogP contribution in [0.1, 0.15) is 23.7 Å². The van der Waals surface area contributed by atoms with Gasteiger partial charge in [0, 0.05) is 36.6 Å². The number of anilines is 1. The zero-order valence-electron chi connectivity index (χ0n) is 17.6. The van der Waals surface area contributed by atoms with Crippen LogP contribution in [0.2, 0.25) is 0 Å². The monoisotopic (exact) mass is 421 g/mol. The lowest BCUT2D eigenvalue weighted by Crippen LogP contribution is -2.52. The van der Waals surface area contributed by atoms with Crippen LogP contribution in [0.25, 0.3) is 0 Å². The molecule has 0 saturated heterocycles. The van der Waals surface area contributed by atoms with Gasteiger partial charge in [-0.15, -0.1) is 6.58 Å². The van der Waals surface area contributed by atoms with Crippen molar-refractivity contribution in [1.82, 2.24) is 4.57 Å². The molecule has 0 fully saturated rings. The third kappa shape index (κ3) is 2.57. The first-order chi connectivity index (χ1) is 14.8. The van der Waals surface area contributed by atoms with E-state index in [-0.39, 0.29) is 35.9 Å². The van der Waals surface area contributed by atoms with Gasteiger partial charge in [-0.1, -0.05) is 24.3 Å². The van der Waals surface area contributed by atoms with E-state index < -0.39 is 22.9 Å². The van der Waals surface area contributed by atoms with Crippen molar-refractivity contribution >= 4 is 17.6 Å². The highest BCUT2D eigenvalue weighted by Gasteiger charge is 2.62. The molecule has 1 aromatic heterocycles. The first-order valence-corrected chi connectivity index (χ1v) is 9.89. The molecular weight excluding hydrogens is 398 g/mol. The Bertz CT molecular complexity index is 1230. The maximum absolute atomic E-state index is 14.1. The summed E-state index contributed by atoms with van der Waals surface area (Å²) in [4.78, 5) is 42.2. The van der Waals surface area contributed by atoms with Gasteiger partial charge in [-0.25, -0.2) is 4.79 Å². The number of para-hydroxylation sites is 1. The molecule has 0 bridgehead atoms. The highest BCUT2D eigenvalue weighted by Crippen LogP contribution is 2.54. The number of ether oxygens (including phenoxy) is 2. The SMILES string of the molecule is C=CCN1C(=O)[C@@]2(C(C(=O)OCC)=C(N)Oc3cc(C)n(C)c(=O)c32)c2ccccc21. The van der Waals surface area contributed by atoms with Crippen molar-refractivity contribution in [2.75, 3.05) is 18.1 Å². The fraction of sp³-hybridized carbons (Fsp3) is 0.261. The summed E-state index contributed by atoms with van der Waals surface area (Å²) in [6, 6.07) is 8.65. The maximum atomic E-state index is 14.1. The zero-order chi connectivity index (χ0) is 22.5. The molecule has 4 rings (SSSR count). The van der Waals surface area contributed by atoms with Crippen molar-refractivity contribution in [1.29, 1.82) is 0 Å². The molecule has 1 spiro atoms. The number of fused-ring (bicyclic) bond motifs is 4. The molecule has 160 valence electrons. The molecule has 0 saturated carbocycles. The van der Waals surface area contributed by atoms with E-state index in [1.807, 2.05) is 0 Å². The highest BCUT2D eigenvalue weighted by atomic mass is 16.5. The summed E-state index contributed by atoms with van der Waals surface area (Å²) in [6.45, 7) is 7.39. The number of nitrogens with zero attached hydrogens (tertiary/aromatic N) is 2. The lowest BCUT2D eigenvalue weighted by molar-refractivity contribution is -0.140. The average molecular weight is 421 g/mol.